The molecule has 0 radical (unpaired) electrons. The van der Waals surface area contributed by atoms with Crippen molar-refractivity contribution < 1.29 is 19.0 Å². The predicted octanol–water partition coefficient (Wildman–Crippen LogP) is 6.29. The second kappa shape index (κ2) is 10.9. The van der Waals surface area contributed by atoms with Gasteiger partial charge >= 0.3 is 5.97 Å². The van der Waals surface area contributed by atoms with Crippen LogP contribution < -0.4 is 25.1 Å². The fraction of sp³-hybridized carbons (Fsp3) is 0.452. The first kappa shape index (κ1) is 28.2. The standard InChI is InChI=1S/C31H38O6/c1-11-12-13-35-23-14-16(4)24(18(6)17(23)5)31(34)37-29-21(9)19(7)25(20(8)22(29)10)26-27(32)28(33)30(26)36-15(2)3/h14-15H,11-13H2,1-10H3. The summed E-state index contributed by atoms with van der Waals surface area (Å²) in [6, 6.07) is 1.90. The first-order chi connectivity index (χ1) is 17.3. The van der Waals surface area contributed by atoms with Gasteiger partial charge < -0.3 is 14.2 Å². The second-order valence-corrected chi connectivity index (χ2v) is 10.1. The lowest BCUT2D eigenvalue weighted by atomic mass is 9.86. The van der Waals surface area contributed by atoms with Gasteiger partial charge in [-0.05, 0) is 119 Å². The Morgan fingerprint density at radius 2 is 1.38 bits per heavy atom. The molecular weight excluding hydrogens is 468 g/mol. The number of benzene rings is 2. The van der Waals surface area contributed by atoms with E-state index in [1.165, 1.54) is 0 Å². The average Bonchev–Trinajstić information content (AvgIpc) is 2.84. The Morgan fingerprint density at radius 3 is 1.92 bits per heavy atom. The van der Waals surface area contributed by atoms with E-state index in [1.807, 2.05) is 68.4 Å². The highest BCUT2D eigenvalue weighted by molar-refractivity contribution is 5.95. The molecule has 0 aliphatic carbocycles. The molecule has 0 fully saturated rings. The van der Waals surface area contributed by atoms with Crippen molar-refractivity contribution in [2.45, 2.75) is 88.2 Å². The van der Waals surface area contributed by atoms with Gasteiger partial charge in [-0.3, -0.25) is 9.59 Å². The Labute approximate surface area is 219 Å². The summed E-state index contributed by atoms with van der Waals surface area (Å²) in [7, 11) is 0. The minimum Gasteiger partial charge on any atom is -0.493 e. The normalized spacial score (nSPS) is 11.3. The molecule has 0 spiro atoms. The van der Waals surface area contributed by atoms with E-state index in [2.05, 4.69) is 6.92 Å². The summed E-state index contributed by atoms with van der Waals surface area (Å²) in [6.45, 7) is 19.6. The number of rotatable bonds is 9. The van der Waals surface area contributed by atoms with Crippen LogP contribution in [0.25, 0.3) is 11.1 Å². The lowest BCUT2D eigenvalue weighted by Crippen LogP contribution is -2.36. The van der Waals surface area contributed by atoms with E-state index in [0.717, 1.165) is 57.5 Å². The molecule has 198 valence electrons. The van der Waals surface area contributed by atoms with E-state index < -0.39 is 16.8 Å². The number of esters is 1. The van der Waals surface area contributed by atoms with Crippen LogP contribution in [0.2, 0.25) is 0 Å². The van der Waals surface area contributed by atoms with Crippen LogP contribution >= 0.6 is 0 Å². The molecule has 0 amide bonds. The maximum absolute atomic E-state index is 13.5. The third-order valence-corrected chi connectivity index (χ3v) is 7.23. The summed E-state index contributed by atoms with van der Waals surface area (Å²) in [6.07, 6.45) is 1.78. The minimum atomic E-state index is -0.600. The molecule has 0 unspecified atom stereocenters. The van der Waals surface area contributed by atoms with Crippen LogP contribution in [-0.2, 0) is 0 Å². The number of carbonyl (C=O) groups excluding carboxylic acids is 1. The molecule has 0 saturated carbocycles. The number of unbranched alkanes of at least 4 members (excludes halogenated alkanes) is 1. The third-order valence-electron chi connectivity index (χ3n) is 7.23. The molecule has 0 saturated heterocycles. The lowest BCUT2D eigenvalue weighted by molar-refractivity contribution is 0.0730. The maximum atomic E-state index is 13.5. The summed E-state index contributed by atoms with van der Waals surface area (Å²) in [5.74, 6) is 0.927. The Morgan fingerprint density at radius 1 is 0.784 bits per heavy atom. The van der Waals surface area contributed by atoms with Gasteiger partial charge in [0.25, 0.3) is 5.43 Å². The molecule has 0 heterocycles. The molecule has 0 atom stereocenters. The van der Waals surface area contributed by atoms with E-state index >= 15 is 0 Å². The zero-order chi connectivity index (χ0) is 27.8. The monoisotopic (exact) mass is 506 g/mol. The first-order valence-corrected chi connectivity index (χ1v) is 12.9. The van der Waals surface area contributed by atoms with Crippen molar-refractivity contribution in [1.29, 1.82) is 0 Å². The van der Waals surface area contributed by atoms with E-state index in [0.29, 0.717) is 29.0 Å². The molecule has 0 N–H and O–H groups in total. The highest BCUT2D eigenvalue weighted by Gasteiger charge is 2.30. The van der Waals surface area contributed by atoms with Crippen LogP contribution in [0.4, 0.5) is 0 Å². The van der Waals surface area contributed by atoms with Crippen molar-refractivity contribution in [2.24, 2.45) is 0 Å². The van der Waals surface area contributed by atoms with E-state index in [1.54, 1.807) is 0 Å². The Kier molecular flexibility index (Phi) is 8.31. The molecule has 0 aromatic heterocycles. The summed E-state index contributed by atoms with van der Waals surface area (Å²) >= 11 is 0. The zero-order valence-corrected chi connectivity index (χ0v) is 23.7. The quantitative estimate of drug-likeness (QED) is 0.147. The topological polar surface area (TPSA) is 78.9 Å². The van der Waals surface area contributed by atoms with Gasteiger partial charge in [-0.1, -0.05) is 13.3 Å². The van der Waals surface area contributed by atoms with Gasteiger partial charge in [-0.25, -0.2) is 4.79 Å². The van der Waals surface area contributed by atoms with Crippen molar-refractivity contribution in [2.75, 3.05) is 6.61 Å². The van der Waals surface area contributed by atoms with Crippen LogP contribution in [0.5, 0.6) is 17.2 Å². The highest BCUT2D eigenvalue weighted by atomic mass is 16.5. The number of carbonyl (C=O) groups is 1. The van der Waals surface area contributed by atoms with E-state index in [9.17, 15) is 14.4 Å². The van der Waals surface area contributed by atoms with Crippen molar-refractivity contribution in [1.82, 2.24) is 0 Å². The zero-order valence-electron chi connectivity index (χ0n) is 23.7. The Bertz CT molecular complexity index is 1400. The number of hydrogen-bond acceptors (Lipinski definition) is 6. The van der Waals surface area contributed by atoms with Crippen LogP contribution in [0.3, 0.4) is 0 Å². The second-order valence-electron chi connectivity index (χ2n) is 10.1. The molecule has 3 aromatic carbocycles. The molecular formula is C31H38O6. The molecule has 3 rings (SSSR count). The Balaban J connectivity index is 2.04. The van der Waals surface area contributed by atoms with Gasteiger partial charge in [0.15, 0.2) is 5.75 Å². The van der Waals surface area contributed by atoms with Gasteiger partial charge in [0.05, 0.1) is 23.8 Å². The van der Waals surface area contributed by atoms with Gasteiger partial charge in [0.2, 0.25) is 5.43 Å². The highest BCUT2D eigenvalue weighted by Crippen LogP contribution is 2.41. The third kappa shape index (κ3) is 5.07. The molecule has 0 aliphatic rings. The van der Waals surface area contributed by atoms with E-state index in [-0.39, 0.29) is 11.9 Å². The van der Waals surface area contributed by atoms with Crippen molar-refractivity contribution in [3.05, 3.63) is 71.0 Å². The lowest BCUT2D eigenvalue weighted by Gasteiger charge is -2.23. The SMILES string of the molecule is CCCCOc1cc(C)c(C(=O)Oc2c(C)c(C)c(-c3c(OC(C)C)c(=O)c3=O)c(C)c2C)c(C)c1C. The molecule has 6 heteroatoms. The fourth-order valence-corrected chi connectivity index (χ4v) is 4.73. The van der Waals surface area contributed by atoms with E-state index in [4.69, 9.17) is 14.2 Å². The molecule has 0 aliphatic heterocycles. The number of aryl methyl sites for hydroxylation is 1. The van der Waals surface area contributed by atoms with Crippen LogP contribution in [0, 0.1) is 48.5 Å². The minimum absolute atomic E-state index is 0.109. The number of ether oxygens (including phenoxy) is 3. The molecule has 3 aromatic rings. The van der Waals surface area contributed by atoms with Crippen LogP contribution in [0.15, 0.2) is 15.7 Å². The van der Waals surface area contributed by atoms with Gasteiger partial charge in [-0.2, -0.15) is 0 Å². The fourth-order valence-electron chi connectivity index (χ4n) is 4.73. The van der Waals surface area contributed by atoms with Gasteiger partial charge in [0, 0.05) is 0 Å². The average molecular weight is 507 g/mol. The maximum Gasteiger partial charge on any atom is 0.344 e. The molecule has 37 heavy (non-hydrogen) atoms. The summed E-state index contributed by atoms with van der Waals surface area (Å²) in [5, 5.41) is 0. The summed E-state index contributed by atoms with van der Waals surface area (Å²) < 4.78 is 17.6. The van der Waals surface area contributed by atoms with Crippen molar-refractivity contribution >= 4 is 5.97 Å². The summed E-state index contributed by atoms with van der Waals surface area (Å²) in [4.78, 5) is 38.3. The van der Waals surface area contributed by atoms with Crippen LogP contribution in [0.1, 0.15) is 82.9 Å². The van der Waals surface area contributed by atoms with Gasteiger partial charge in [0.1, 0.15) is 11.5 Å². The Hall–Kier alpha value is -3.41. The summed E-state index contributed by atoms with van der Waals surface area (Å²) in [5.41, 5.74) is 5.91. The first-order valence-electron chi connectivity index (χ1n) is 12.9. The molecule has 0 bridgehead atoms. The van der Waals surface area contributed by atoms with Crippen LogP contribution in [-0.4, -0.2) is 18.7 Å². The van der Waals surface area contributed by atoms with Crippen molar-refractivity contribution in [3.8, 4) is 28.4 Å². The molecule has 6 nitrogen and oxygen atoms in total. The van der Waals surface area contributed by atoms with Crippen molar-refractivity contribution in [3.63, 3.8) is 0 Å². The number of hydrogen-bond donors (Lipinski definition) is 0. The largest absolute Gasteiger partial charge is 0.493 e. The van der Waals surface area contributed by atoms with Gasteiger partial charge in [-0.15, -0.1) is 0 Å². The predicted molar refractivity (Wildman–Crippen MR) is 148 cm³/mol. The smallest absolute Gasteiger partial charge is 0.344 e.